The van der Waals surface area contributed by atoms with Gasteiger partial charge in [-0.15, -0.1) is 10.2 Å². The Morgan fingerprint density at radius 3 is 2.81 bits per heavy atom. The van der Waals surface area contributed by atoms with Crippen molar-refractivity contribution in [1.29, 1.82) is 0 Å². The van der Waals surface area contributed by atoms with E-state index < -0.39 is 0 Å². The molecular formula is C20H28N4OS. The standard InChI is InChI=1S/C20H28N4OS/c1-14-8-7-11-17(12-14)18-22-23-20(24(18)3)26-15(2)19(25)21-13-16-9-5-4-6-10-16/h7-8,11-12,15-16H,4-6,9-10,13H2,1-3H3,(H,21,25). The van der Waals surface area contributed by atoms with E-state index in [1.54, 1.807) is 0 Å². The molecule has 1 N–H and O–H groups in total. The molecule has 0 radical (unpaired) electrons. The summed E-state index contributed by atoms with van der Waals surface area (Å²) in [7, 11) is 1.95. The van der Waals surface area contributed by atoms with Gasteiger partial charge in [-0.1, -0.05) is 54.8 Å². The lowest BCUT2D eigenvalue weighted by Crippen LogP contribution is -2.35. The van der Waals surface area contributed by atoms with Crippen LogP contribution in [-0.4, -0.2) is 32.5 Å². The zero-order chi connectivity index (χ0) is 18.5. The number of aromatic nitrogens is 3. The fourth-order valence-corrected chi connectivity index (χ4v) is 4.28. The second-order valence-corrected chi connectivity index (χ2v) is 8.55. The van der Waals surface area contributed by atoms with Gasteiger partial charge in [-0.25, -0.2) is 0 Å². The summed E-state index contributed by atoms with van der Waals surface area (Å²) in [5, 5.41) is 12.3. The molecule has 1 aliphatic rings. The minimum atomic E-state index is -0.188. The molecule has 2 aromatic rings. The van der Waals surface area contributed by atoms with Crippen LogP contribution < -0.4 is 5.32 Å². The van der Waals surface area contributed by atoms with E-state index in [4.69, 9.17) is 0 Å². The van der Waals surface area contributed by atoms with Crippen molar-refractivity contribution in [3.63, 3.8) is 0 Å². The normalized spacial score (nSPS) is 16.4. The third kappa shape index (κ3) is 4.67. The van der Waals surface area contributed by atoms with Crippen molar-refractivity contribution in [2.24, 2.45) is 13.0 Å². The highest BCUT2D eigenvalue weighted by atomic mass is 32.2. The first-order valence-corrected chi connectivity index (χ1v) is 10.3. The molecule has 0 spiro atoms. The maximum atomic E-state index is 12.4. The number of carbonyl (C=O) groups is 1. The lowest BCUT2D eigenvalue weighted by Gasteiger charge is -2.22. The van der Waals surface area contributed by atoms with Crippen molar-refractivity contribution in [3.8, 4) is 11.4 Å². The van der Waals surface area contributed by atoms with Gasteiger partial charge in [0.15, 0.2) is 11.0 Å². The Kier molecular flexibility index (Phi) is 6.35. The number of carbonyl (C=O) groups excluding carboxylic acids is 1. The van der Waals surface area contributed by atoms with Crippen molar-refractivity contribution >= 4 is 17.7 Å². The topological polar surface area (TPSA) is 59.8 Å². The summed E-state index contributed by atoms with van der Waals surface area (Å²) in [5.41, 5.74) is 2.23. The molecule has 1 aromatic heterocycles. The van der Waals surface area contributed by atoms with Crippen molar-refractivity contribution < 1.29 is 4.79 Å². The summed E-state index contributed by atoms with van der Waals surface area (Å²) >= 11 is 1.46. The molecule has 1 amide bonds. The Balaban J connectivity index is 1.58. The molecule has 0 saturated heterocycles. The lowest BCUT2D eigenvalue weighted by molar-refractivity contribution is -0.120. The second kappa shape index (κ2) is 8.71. The lowest BCUT2D eigenvalue weighted by atomic mass is 9.89. The van der Waals surface area contributed by atoms with E-state index in [0.717, 1.165) is 23.1 Å². The summed E-state index contributed by atoms with van der Waals surface area (Å²) in [6, 6.07) is 8.21. The van der Waals surface area contributed by atoms with E-state index in [1.165, 1.54) is 49.4 Å². The molecule has 1 atom stereocenters. The van der Waals surface area contributed by atoms with Gasteiger partial charge in [-0.2, -0.15) is 0 Å². The molecule has 1 unspecified atom stereocenters. The molecule has 140 valence electrons. The number of amides is 1. The van der Waals surface area contributed by atoms with Gasteiger partial charge in [-0.3, -0.25) is 4.79 Å². The first-order chi connectivity index (χ1) is 12.5. The smallest absolute Gasteiger partial charge is 0.233 e. The number of nitrogens with one attached hydrogen (secondary N) is 1. The fraction of sp³-hybridized carbons (Fsp3) is 0.550. The van der Waals surface area contributed by atoms with Gasteiger partial charge >= 0.3 is 0 Å². The van der Waals surface area contributed by atoms with Gasteiger partial charge in [0.2, 0.25) is 5.91 Å². The molecule has 1 fully saturated rings. The zero-order valence-corrected chi connectivity index (χ0v) is 16.7. The van der Waals surface area contributed by atoms with E-state index in [9.17, 15) is 4.79 Å². The van der Waals surface area contributed by atoms with Crippen LogP contribution in [0.2, 0.25) is 0 Å². The fourth-order valence-electron chi connectivity index (χ4n) is 3.44. The van der Waals surface area contributed by atoms with E-state index in [-0.39, 0.29) is 11.2 Å². The van der Waals surface area contributed by atoms with Gasteiger partial charge in [0, 0.05) is 19.2 Å². The Hall–Kier alpha value is -1.82. The summed E-state index contributed by atoms with van der Waals surface area (Å²) in [6.07, 6.45) is 6.42. The monoisotopic (exact) mass is 372 g/mol. The zero-order valence-electron chi connectivity index (χ0n) is 15.9. The number of hydrogen-bond donors (Lipinski definition) is 1. The van der Waals surface area contributed by atoms with Crippen LogP contribution in [0.3, 0.4) is 0 Å². The molecule has 6 heteroatoms. The molecule has 1 aromatic carbocycles. The predicted molar refractivity (Wildman–Crippen MR) is 106 cm³/mol. The SMILES string of the molecule is Cc1cccc(-c2nnc(SC(C)C(=O)NCC3CCCCC3)n2C)c1. The van der Waals surface area contributed by atoms with Crippen LogP contribution in [0.15, 0.2) is 29.4 Å². The van der Waals surface area contributed by atoms with Crippen molar-refractivity contribution in [1.82, 2.24) is 20.1 Å². The molecule has 0 bridgehead atoms. The average molecular weight is 373 g/mol. The summed E-state index contributed by atoms with van der Waals surface area (Å²) in [5.74, 6) is 1.55. The highest BCUT2D eigenvalue weighted by Crippen LogP contribution is 2.26. The van der Waals surface area contributed by atoms with Crippen LogP contribution in [-0.2, 0) is 11.8 Å². The molecule has 26 heavy (non-hydrogen) atoms. The van der Waals surface area contributed by atoms with Crippen LogP contribution >= 0.6 is 11.8 Å². The number of hydrogen-bond acceptors (Lipinski definition) is 4. The van der Waals surface area contributed by atoms with Crippen LogP contribution in [0.25, 0.3) is 11.4 Å². The molecule has 3 rings (SSSR count). The first-order valence-electron chi connectivity index (χ1n) is 9.45. The van der Waals surface area contributed by atoms with E-state index in [0.29, 0.717) is 5.92 Å². The van der Waals surface area contributed by atoms with Crippen LogP contribution in [0.4, 0.5) is 0 Å². The van der Waals surface area contributed by atoms with Crippen molar-refractivity contribution in [2.45, 2.75) is 56.4 Å². The molecule has 1 aliphatic carbocycles. The van der Waals surface area contributed by atoms with E-state index in [2.05, 4.69) is 34.6 Å². The minimum absolute atomic E-state index is 0.0840. The second-order valence-electron chi connectivity index (χ2n) is 7.24. The Labute approximate surface area is 160 Å². The van der Waals surface area contributed by atoms with Crippen LogP contribution in [0.5, 0.6) is 0 Å². The summed E-state index contributed by atoms with van der Waals surface area (Å²) in [4.78, 5) is 12.4. The van der Waals surface area contributed by atoms with E-state index in [1.807, 2.05) is 30.7 Å². The van der Waals surface area contributed by atoms with Gasteiger partial charge < -0.3 is 9.88 Å². The summed E-state index contributed by atoms with van der Waals surface area (Å²) < 4.78 is 1.96. The maximum Gasteiger partial charge on any atom is 0.233 e. The number of nitrogens with zero attached hydrogens (tertiary/aromatic N) is 3. The highest BCUT2D eigenvalue weighted by molar-refractivity contribution is 8.00. The molecule has 1 saturated carbocycles. The average Bonchev–Trinajstić information content (AvgIpc) is 3.01. The van der Waals surface area contributed by atoms with Crippen LogP contribution in [0.1, 0.15) is 44.6 Å². The van der Waals surface area contributed by atoms with Gasteiger partial charge in [0.25, 0.3) is 0 Å². The molecular weight excluding hydrogens is 344 g/mol. The largest absolute Gasteiger partial charge is 0.355 e. The first kappa shape index (κ1) is 19.0. The number of benzene rings is 1. The number of aryl methyl sites for hydroxylation is 1. The number of thioether (sulfide) groups is 1. The third-order valence-corrected chi connectivity index (χ3v) is 6.19. The van der Waals surface area contributed by atoms with Crippen LogP contribution in [0, 0.1) is 12.8 Å². The van der Waals surface area contributed by atoms with Gasteiger partial charge in [-0.05, 0) is 38.7 Å². The minimum Gasteiger partial charge on any atom is -0.355 e. The van der Waals surface area contributed by atoms with Gasteiger partial charge in [0.05, 0.1) is 5.25 Å². The molecule has 1 heterocycles. The summed E-state index contributed by atoms with van der Waals surface area (Å²) in [6.45, 7) is 4.80. The third-order valence-electron chi connectivity index (χ3n) is 5.05. The number of rotatable bonds is 6. The Morgan fingerprint density at radius 1 is 1.31 bits per heavy atom. The van der Waals surface area contributed by atoms with Crippen molar-refractivity contribution in [3.05, 3.63) is 29.8 Å². The maximum absolute atomic E-state index is 12.4. The predicted octanol–water partition coefficient (Wildman–Crippen LogP) is 3.97. The molecule has 0 aliphatic heterocycles. The Bertz CT molecular complexity index is 752. The molecule has 5 nitrogen and oxygen atoms in total. The Morgan fingerprint density at radius 2 is 2.08 bits per heavy atom. The quantitative estimate of drug-likeness (QED) is 0.780. The van der Waals surface area contributed by atoms with E-state index >= 15 is 0 Å². The van der Waals surface area contributed by atoms with Crippen molar-refractivity contribution in [2.75, 3.05) is 6.54 Å². The van der Waals surface area contributed by atoms with Gasteiger partial charge in [0.1, 0.15) is 0 Å². The highest BCUT2D eigenvalue weighted by Gasteiger charge is 2.21.